The fourth-order valence-corrected chi connectivity index (χ4v) is 10.3. The number of nitrogens with one attached hydrogen (secondary N) is 4. The molecule has 0 saturated carbocycles. The average molecular weight is 864 g/mol. The molecule has 336 valence electrons. The van der Waals surface area contributed by atoms with Gasteiger partial charge in [0.2, 0.25) is 11.8 Å². The maximum Gasteiger partial charge on any atom is 0.407 e. The Morgan fingerprint density at radius 3 is 1.86 bits per heavy atom. The Kier molecular flexibility index (Phi) is 14.1. The first-order valence-corrected chi connectivity index (χ1v) is 22.6. The largest absolute Gasteiger partial charge is 0.453 e. The second kappa shape index (κ2) is 20.2. The van der Waals surface area contributed by atoms with Crippen LogP contribution in [0.2, 0.25) is 0 Å². The molecule has 5 aliphatic heterocycles. The van der Waals surface area contributed by atoms with E-state index in [0.717, 1.165) is 78.0 Å². The third kappa shape index (κ3) is 9.79. The van der Waals surface area contributed by atoms with E-state index in [2.05, 4.69) is 76.0 Å². The number of aromatic amines is 1. The lowest BCUT2D eigenvalue weighted by Crippen LogP contribution is -2.56. The summed E-state index contributed by atoms with van der Waals surface area (Å²) in [5.74, 6) is 0.539. The molecule has 1 aromatic heterocycles. The number of methoxy groups -OCH3 is 2. The number of likely N-dealkylation sites (tertiary alicyclic amines) is 2. The first kappa shape index (κ1) is 44.0. The predicted molar refractivity (Wildman–Crippen MR) is 237 cm³/mol. The van der Waals surface area contributed by atoms with Gasteiger partial charge in [0, 0.05) is 45.2 Å². The average Bonchev–Trinajstić information content (AvgIpc) is 4.18. The van der Waals surface area contributed by atoms with E-state index in [-0.39, 0.29) is 41.8 Å². The Morgan fingerprint density at radius 2 is 1.29 bits per heavy atom. The summed E-state index contributed by atoms with van der Waals surface area (Å²) < 4.78 is 20.9. The number of alkyl carbamates (subject to hydrolysis) is 2. The molecule has 15 heteroatoms. The molecule has 0 radical (unpaired) electrons. The third-order valence-corrected chi connectivity index (χ3v) is 13.7. The number of H-pyrrole nitrogens is 1. The molecule has 4 fully saturated rings. The van der Waals surface area contributed by atoms with Gasteiger partial charge in [-0.3, -0.25) is 9.59 Å². The van der Waals surface area contributed by atoms with Crippen LogP contribution in [0.1, 0.15) is 81.6 Å². The van der Waals surface area contributed by atoms with Crippen molar-refractivity contribution in [3.8, 4) is 22.4 Å². The highest BCUT2D eigenvalue weighted by Gasteiger charge is 2.43. The van der Waals surface area contributed by atoms with Crippen molar-refractivity contribution < 1.29 is 38.1 Å². The van der Waals surface area contributed by atoms with Gasteiger partial charge in [0.15, 0.2) is 0 Å². The molecule has 8 rings (SSSR count). The molecule has 5 atom stereocenters. The lowest BCUT2D eigenvalue weighted by molar-refractivity contribution is -0.137. The van der Waals surface area contributed by atoms with Gasteiger partial charge in [-0.25, -0.2) is 14.6 Å². The summed E-state index contributed by atoms with van der Waals surface area (Å²) in [7, 11) is 2.64. The number of amides is 4. The highest BCUT2D eigenvalue weighted by molar-refractivity contribution is 5.87. The van der Waals surface area contributed by atoms with Crippen molar-refractivity contribution in [3.63, 3.8) is 0 Å². The number of carbonyl (C=O) groups is 4. The van der Waals surface area contributed by atoms with Crippen LogP contribution in [0.5, 0.6) is 0 Å². The lowest BCUT2D eigenvalue weighted by atomic mass is 9.90. The minimum absolute atomic E-state index is 0.00587. The number of imidazole rings is 1. The van der Waals surface area contributed by atoms with Crippen molar-refractivity contribution in [1.82, 2.24) is 35.7 Å². The SMILES string of the molecule is C=CCC1=C(c2ccc(-c3ccc(-c4cnc([C@@H]5CCCN5C(=O)[C@@H](NC(=O)OC)C5CCOCC5)[nH]4)cc3)cc2)NC([C@@H]2CCCN2C(=O)[C@@H](NC(=O)OC)C2CCOCC2)C1. The van der Waals surface area contributed by atoms with Gasteiger partial charge in [0.1, 0.15) is 17.9 Å². The Morgan fingerprint density at radius 1 is 0.762 bits per heavy atom. The van der Waals surface area contributed by atoms with Crippen LogP contribution >= 0.6 is 0 Å². The monoisotopic (exact) mass is 863 g/mol. The van der Waals surface area contributed by atoms with E-state index in [1.807, 2.05) is 22.1 Å². The van der Waals surface area contributed by atoms with Crippen molar-refractivity contribution in [2.45, 2.75) is 94.4 Å². The van der Waals surface area contributed by atoms with Crippen molar-refractivity contribution in [1.29, 1.82) is 0 Å². The molecule has 0 spiro atoms. The van der Waals surface area contributed by atoms with E-state index in [9.17, 15) is 19.2 Å². The highest BCUT2D eigenvalue weighted by atomic mass is 16.5. The summed E-state index contributed by atoms with van der Waals surface area (Å²) in [5, 5.41) is 9.52. The number of hydrogen-bond acceptors (Lipinski definition) is 10. The molecule has 4 amide bonds. The van der Waals surface area contributed by atoms with Gasteiger partial charge in [0.05, 0.1) is 44.2 Å². The van der Waals surface area contributed by atoms with E-state index in [4.69, 9.17) is 23.9 Å². The zero-order valence-corrected chi connectivity index (χ0v) is 36.4. The van der Waals surface area contributed by atoms with E-state index in [1.165, 1.54) is 19.8 Å². The van der Waals surface area contributed by atoms with Crippen molar-refractivity contribution >= 4 is 29.7 Å². The Hall–Kier alpha value is -5.67. The number of benzene rings is 2. The van der Waals surface area contributed by atoms with Gasteiger partial charge in [-0.2, -0.15) is 0 Å². The van der Waals surface area contributed by atoms with Crippen LogP contribution in [0.3, 0.4) is 0 Å². The minimum atomic E-state index is -0.685. The van der Waals surface area contributed by atoms with Gasteiger partial charge >= 0.3 is 12.2 Å². The maximum atomic E-state index is 14.2. The number of hydrogen-bond donors (Lipinski definition) is 4. The Labute approximate surface area is 369 Å². The second-order valence-corrected chi connectivity index (χ2v) is 17.3. The summed E-state index contributed by atoms with van der Waals surface area (Å²) in [5.41, 5.74) is 7.45. The lowest BCUT2D eigenvalue weighted by Gasteiger charge is -2.36. The number of carbonyl (C=O) groups excluding carboxylic acids is 4. The molecule has 2 aromatic carbocycles. The molecular formula is C48H61N7O8. The fraction of sp³-hybridized carbons (Fsp3) is 0.521. The van der Waals surface area contributed by atoms with Gasteiger partial charge in [0.25, 0.3) is 0 Å². The van der Waals surface area contributed by atoms with Crippen molar-refractivity contribution in [2.75, 3.05) is 53.7 Å². The summed E-state index contributed by atoms with van der Waals surface area (Å²) in [4.78, 5) is 65.0. The number of nitrogens with zero attached hydrogens (tertiary/aromatic N) is 3. The molecule has 15 nitrogen and oxygen atoms in total. The van der Waals surface area contributed by atoms with Gasteiger partial charge in [-0.05, 0) is 104 Å². The van der Waals surface area contributed by atoms with Crippen LogP contribution < -0.4 is 16.0 Å². The molecule has 4 N–H and O–H groups in total. The van der Waals surface area contributed by atoms with Gasteiger partial charge in [-0.15, -0.1) is 6.58 Å². The summed E-state index contributed by atoms with van der Waals surface area (Å²) in [6.07, 6.45) is 10.3. The smallest absolute Gasteiger partial charge is 0.407 e. The molecular weight excluding hydrogens is 803 g/mol. The van der Waals surface area contributed by atoms with Crippen LogP contribution in [-0.2, 0) is 28.5 Å². The van der Waals surface area contributed by atoms with Crippen LogP contribution in [-0.4, -0.2) is 122 Å². The first-order valence-electron chi connectivity index (χ1n) is 22.6. The standard InChI is InChI=1S/C48H61N7O8/c1-4-7-36-28-37(39-8-5-22-54(39)45(56)42(52-47(58)60-2)34-18-24-62-25-19-34)50-41(36)33-16-12-31(13-17-33)30-10-14-32(15-11-30)38-29-49-44(51-38)40-9-6-23-55(40)46(57)43(53-48(59)61-3)35-20-26-63-27-21-35/h4,10-17,29,34-35,37,39-40,42-43,50H,1,5-9,18-28H2,2-3H3,(H,49,51)(H,52,58)(H,53,59)/t37?,39-,40-,42-,43-/m0/s1. The van der Waals surface area contributed by atoms with Crippen LogP contribution in [0.15, 0.2) is 73.0 Å². The summed E-state index contributed by atoms with van der Waals surface area (Å²) in [6, 6.07) is 15.4. The van der Waals surface area contributed by atoms with Crippen LogP contribution in [0, 0.1) is 11.8 Å². The van der Waals surface area contributed by atoms with E-state index in [1.54, 1.807) is 0 Å². The van der Waals surface area contributed by atoms with E-state index >= 15 is 0 Å². The van der Waals surface area contributed by atoms with Gasteiger partial charge < -0.3 is 49.7 Å². The molecule has 63 heavy (non-hydrogen) atoms. The highest BCUT2D eigenvalue weighted by Crippen LogP contribution is 2.37. The van der Waals surface area contributed by atoms with Crippen molar-refractivity contribution in [2.24, 2.45) is 11.8 Å². The fourth-order valence-electron chi connectivity index (χ4n) is 10.3. The Bertz CT molecular complexity index is 2130. The van der Waals surface area contributed by atoms with E-state index < -0.39 is 24.3 Å². The number of allylic oxidation sites excluding steroid dienone is 1. The topological polar surface area (TPSA) is 176 Å². The molecule has 4 saturated heterocycles. The predicted octanol–water partition coefficient (Wildman–Crippen LogP) is 6.35. The Balaban J connectivity index is 0.924. The van der Waals surface area contributed by atoms with E-state index in [0.29, 0.717) is 65.2 Å². The molecule has 3 aromatic rings. The molecule has 6 heterocycles. The quantitative estimate of drug-likeness (QED) is 0.142. The zero-order chi connectivity index (χ0) is 43.9. The normalized spacial score (nSPS) is 22.9. The zero-order valence-electron chi connectivity index (χ0n) is 36.4. The molecule has 5 aliphatic rings. The number of aromatic nitrogens is 2. The maximum absolute atomic E-state index is 14.2. The second-order valence-electron chi connectivity index (χ2n) is 17.3. The number of ether oxygens (including phenoxy) is 4. The summed E-state index contributed by atoms with van der Waals surface area (Å²) >= 11 is 0. The first-order chi connectivity index (χ1) is 30.8. The number of rotatable bonds is 13. The molecule has 0 aliphatic carbocycles. The molecule has 1 unspecified atom stereocenters. The van der Waals surface area contributed by atoms with Crippen LogP contribution in [0.25, 0.3) is 28.1 Å². The van der Waals surface area contributed by atoms with Gasteiger partial charge in [-0.1, -0.05) is 54.6 Å². The minimum Gasteiger partial charge on any atom is -0.453 e. The van der Waals surface area contributed by atoms with Crippen LogP contribution in [0.4, 0.5) is 9.59 Å². The van der Waals surface area contributed by atoms with Crippen molar-refractivity contribution in [3.05, 3.63) is 84.3 Å². The third-order valence-electron chi connectivity index (χ3n) is 13.7. The summed E-state index contributed by atoms with van der Waals surface area (Å²) in [6.45, 7) is 7.56. The molecule has 0 bridgehead atoms.